The van der Waals surface area contributed by atoms with E-state index in [1.165, 1.54) is 35.1 Å². The summed E-state index contributed by atoms with van der Waals surface area (Å²) in [6, 6.07) is 5.37. The van der Waals surface area contributed by atoms with Gasteiger partial charge >= 0.3 is 0 Å². The fourth-order valence-corrected chi connectivity index (χ4v) is 3.10. The van der Waals surface area contributed by atoms with Crippen molar-refractivity contribution in [2.24, 2.45) is 11.8 Å². The summed E-state index contributed by atoms with van der Waals surface area (Å²) >= 11 is 0. The van der Waals surface area contributed by atoms with Crippen molar-refractivity contribution in [3.63, 3.8) is 0 Å². The molecule has 1 aromatic carbocycles. The van der Waals surface area contributed by atoms with Gasteiger partial charge in [0.2, 0.25) is 0 Å². The molecule has 1 saturated carbocycles. The zero-order valence-corrected chi connectivity index (χ0v) is 12.5. The molecule has 0 bridgehead atoms. The lowest BCUT2D eigenvalue weighted by Crippen LogP contribution is -2.32. The van der Waals surface area contributed by atoms with Crippen LogP contribution in [0, 0.1) is 32.6 Å². The van der Waals surface area contributed by atoms with Crippen LogP contribution >= 0.6 is 0 Å². The van der Waals surface area contributed by atoms with Crippen molar-refractivity contribution in [2.75, 3.05) is 0 Å². The van der Waals surface area contributed by atoms with Gasteiger partial charge in [0.25, 0.3) is 0 Å². The summed E-state index contributed by atoms with van der Waals surface area (Å²) in [6.07, 6.45) is 2.72. The quantitative estimate of drug-likeness (QED) is 0.844. The summed E-state index contributed by atoms with van der Waals surface area (Å²) in [5, 5.41) is 3.77. The number of nitrogens with one attached hydrogen (secondary N) is 1. The van der Waals surface area contributed by atoms with Crippen molar-refractivity contribution >= 4 is 0 Å². The third kappa shape index (κ3) is 2.77. The lowest BCUT2D eigenvalue weighted by molar-refractivity contribution is 0.369. The highest BCUT2D eigenvalue weighted by Crippen LogP contribution is 2.31. The molecule has 1 N–H and O–H groups in total. The molecule has 0 spiro atoms. The molecule has 0 amide bonds. The Morgan fingerprint density at radius 3 is 2.28 bits per heavy atom. The van der Waals surface area contributed by atoms with E-state index in [1.807, 2.05) is 0 Å². The number of hydrogen-bond acceptors (Lipinski definition) is 1. The van der Waals surface area contributed by atoms with Gasteiger partial charge in [-0.1, -0.05) is 26.0 Å². The Bertz CT molecular complexity index is 422. The second-order valence-electron chi connectivity index (χ2n) is 6.26. The van der Waals surface area contributed by atoms with Crippen molar-refractivity contribution in [1.29, 1.82) is 0 Å². The van der Waals surface area contributed by atoms with E-state index >= 15 is 0 Å². The Morgan fingerprint density at radius 2 is 1.67 bits per heavy atom. The van der Waals surface area contributed by atoms with Crippen molar-refractivity contribution in [3.8, 4) is 0 Å². The molecule has 1 heteroatoms. The minimum atomic E-state index is 0.709. The van der Waals surface area contributed by atoms with Gasteiger partial charge in [-0.3, -0.25) is 0 Å². The van der Waals surface area contributed by atoms with Crippen LogP contribution in [-0.2, 0) is 6.54 Å². The zero-order valence-electron chi connectivity index (χ0n) is 12.5. The lowest BCUT2D eigenvalue weighted by atomic mass is 9.97. The third-order valence-corrected chi connectivity index (χ3v) is 4.97. The van der Waals surface area contributed by atoms with Gasteiger partial charge in [-0.2, -0.15) is 0 Å². The van der Waals surface area contributed by atoms with Gasteiger partial charge in [0.15, 0.2) is 0 Å². The van der Waals surface area contributed by atoms with Crippen molar-refractivity contribution in [3.05, 3.63) is 34.4 Å². The van der Waals surface area contributed by atoms with Crippen LogP contribution in [-0.4, -0.2) is 6.04 Å². The molecule has 0 heterocycles. The molecule has 0 radical (unpaired) electrons. The van der Waals surface area contributed by atoms with E-state index in [9.17, 15) is 0 Å². The van der Waals surface area contributed by atoms with E-state index in [1.54, 1.807) is 0 Å². The molecule has 18 heavy (non-hydrogen) atoms. The van der Waals surface area contributed by atoms with Crippen molar-refractivity contribution in [1.82, 2.24) is 5.32 Å². The van der Waals surface area contributed by atoms with Crippen LogP contribution in [0.2, 0.25) is 0 Å². The Kier molecular flexibility index (Phi) is 4.11. The maximum Gasteiger partial charge on any atom is 0.0210 e. The Labute approximate surface area is 112 Å². The smallest absolute Gasteiger partial charge is 0.0210 e. The summed E-state index contributed by atoms with van der Waals surface area (Å²) in [4.78, 5) is 0. The Hall–Kier alpha value is -0.820. The first-order valence-electron chi connectivity index (χ1n) is 7.29. The van der Waals surface area contributed by atoms with E-state index in [-0.39, 0.29) is 0 Å². The van der Waals surface area contributed by atoms with Gasteiger partial charge in [-0.25, -0.2) is 0 Å². The van der Waals surface area contributed by atoms with Gasteiger partial charge in [-0.05, 0) is 67.7 Å². The van der Waals surface area contributed by atoms with Crippen LogP contribution < -0.4 is 5.32 Å². The standard InChI is InChI=1S/C17H27N/c1-11-6-7-17(15(11)5)18-10-16-9-13(3)12(2)8-14(16)4/h8-9,11,15,17-18H,6-7,10H2,1-5H3. The van der Waals surface area contributed by atoms with Gasteiger partial charge < -0.3 is 5.32 Å². The first-order valence-corrected chi connectivity index (χ1v) is 7.29. The fourth-order valence-electron chi connectivity index (χ4n) is 3.10. The van der Waals surface area contributed by atoms with E-state index in [4.69, 9.17) is 0 Å². The summed E-state index contributed by atoms with van der Waals surface area (Å²) in [7, 11) is 0. The average Bonchev–Trinajstić information content (AvgIpc) is 2.63. The Balaban J connectivity index is 2.00. The maximum atomic E-state index is 3.77. The number of rotatable bonds is 3. The highest BCUT2D eigenvalue weighted by Gasteiger charge is 2.29. The first kappa shape index (κ1) is 13.6. The normalized spacial score (nSPS) is 27.7. The second-order valence-corrected chi connectivity index (χ2v) is 6.26. The van der Waals surface area contributed by atoms with E-state index < -0.39 is 0 Å². The van der Waals surface area contributed by atoms with Gasteiger partial charge in [0, 0.05) is 12.6 Å². The SMILES string of the molecule is Cc1cc(C)c(CNC2CCC(C)C2C)cc1C. The number of hydrogen-bond donors (Lipinski definition) is 1. The third-order valence-electron chi connectivity index (χ3n) is 4.97. The van der Waals surface area contributed by atoms with Gasteiger partial charge in [0.1, 0.15) is 0 Å². The van der Waals surface area contributed by atoms with Gasteiger partial charge in [-0.15, -0.1) is 0 Å². The molecule has 0 aromatic heterocycles. The van der Waals surface area contributed by atoms with Crippen LogP contribution in [0.25, 0.3) is 0 Å². The topological polar surface area (TPSA) is 12.0 Å². The van der Waals surface area contributed by atoms with E-state index in [2.05, 4.69) is 52.1 Å². The average molecular weight is 245 g/mol. The number of benzene rings is 1. The van der Waals surface area contributed by atoms with E-state index in [0.717, 1.165) is 18.4 Å². The van der Waals surface area contributed by atoms with Crippen LogP contribution in [0.3, 0.4) is 0 Å². The van der Waals surface area contributed by atoms with Crippen LogP contribution in [0.1, 0.15) is 48.9 Å². The monoisotopic (exact) mass is 245 g/mol. The predicted molar refractivity (Wildman–Crippen MR) is 78.8 cm³/mol. The molecule has 3 unspecified atom stereocenters. The molecule has 100 valence electrons. The summed E-state index contributed by atoms with van der Waals surface area (Å²) in [5.74, 6) is 1.69. The summed E-state index contributed by atoms with van der Waals surface area (Å²) in [5.41, 5.74) is 5.69. The molecular formula is C17H27N. The Morgan fingerprint density at radius 1 is 1.00 bits per heavy atom. The predicted octanol–water partition coefficient (Wildman–Crippen LogP) is 4.14. The molecule has 1 fully saturated rings. The molecule has 3 atom stereocenters. The van der Waals surface area contributed by atoms with Crippen LogP contribution in [0.4, 0.5) is 0 Å². The van der Waals surface area contributed by atoms with Crippen LogP contribution in [0.15, 0.2) is 12.1 Å². The number of aryl methyl sites for hydroxylation is 3. The minimum Gasteiger partial charge on any atom is -0.310 e. The molecule has 0 aliphatic heterocycles. The molecular weight excluding hydrogens is 218 g/mol. The summed E-state index contributed by atoms with van der Waals surface area (Å²) < 4.78 is 0. The lowest BCUT2D eigenvalue weighted by Gasteiger charge is -2.20. The molecule has 2 rings (SSSR count). The minimum absolute atomic E-state index is 0.709. The maximum absolute atomic E-state index is 3.77. The molecule has 0 saturated heterocycles. The highest BCUT2D eigenvalue weighted by molar-refractivity contribution is 5.36. The first-order chi connectivity index (χ1) is 8.49. The largest absolute Gasteiger partial charge is 0.310 e. The molecule has 1 aliphatic rings. The van der Waals surface area contributed by atoms with Crippen molar-refractivity contribution in [2.45, 2.75) is 60.0 Å². The van der Waals surface area contributed by atoms with Crippen molar-refractivity contribution < 1.29 is 0 Å². The van der Waals surface area contributed by atoms with Crippen LogP contribution in [0.5, 0.6) is 0 Å². The fraction of sp³-hybridized carbons (Fsp3) is 0.647. The summed E-state index contributed by atoms with van der Waals surface area (Å²) in [6.45, 7) is 12.4. The molecule has 1 aromatic rings. The van der Waals surface area contributed by atoms with E-state index in [0.29, 0.717) is 6.04 Å². The zero-order chi connectivity index (χ0) is 13.3. The van der Waals surface area contributed by atoms with Gasteiger partial charge in [0.05, 0.1) is 0 Å². The second kappa shape index (κ2) is 5.44. The highest BCUT2D eigenvalue weighted by atomic mass is 14.9. The molecule has 1 nitrogen and oxygen atoms in total. The molecule has 1 aliphatic carbocycles.